The lowest BCUT2D eigenvalue weighted by Crippen LogP contribution is -2.37. The summed E-state index contributed by atoms with van der Waals surface area (Å²) in [6.45, 7) is 3.77. The number of halogens is 1. The fraction of sp³-hybridized carbons (Fsp3) is 0.471. The SMILES string of the molecule is C#CCNC(=NCCc1c(OC)cc(OC)cc1OC)NCC.I. The largest absolute Gasteiger partial charge is 0.496 e. The van der Waals surface area contributed by atoms with Crippen LogP contribution in [0.15, 0.2) is 17.1 Å². The van der Waals surface area contributed by atoms with E-state index >= 15 is 0 Å². The normalized spacial score (nSPS) is 10.2. The Morgan fingerprint density at radius 1 is 1.12 bits per heavy atom. The summed E-state index contributed by atoms with van der Waals surface area (Å²) >= 11 is 0. The maximum atomic E-state index is 5.43. The van der Waals surface area contributed by atoms with Crippen molar-refractivity contribution in [1.82, 2.24) is 10.6 Å². The van der Waals surface area contributed by atoms with Crippen molar-refractivity contribution in [3.63, 3.8) is 0 Å². The van der Waals surface area contributed by atoms with Gasteiger partial charge in [0.15, 0.2) is 5.96 Å². The van der Waals surface area contributed by atoms with Crippen LogP contribution in [0.1, 0.15) is 12.5 Å². The van der Waals surface area contributed by atoms with Crippen molar-refractivity contribution in [2.45, 2.75) is 13.3 Å². The highest BCUT2D eigenvalue weighted by atomic mass is 127. The number of rotatable bonds is 8. The van der Waals surface area contributed by atoms with Crippen molar-refractivity contribution in [2.24, 2.45) is 4.99 Å². The number of terminal acetylenes is 1. The summed E-state index contributed by atoms with van der Waals surface area (Å²) in [5, 5.41) is 6.19. The van der Waals surface area contributed by atoms with Gasteiger partial charge in [-0.25, -0.2) is 0 Å². The smallest absolute Gasteiger partial charge is 0.192 e. The van der Waals surface area contributed by atoms with E-state index in [0.29, 0.717) is 31.2 Å². The molecule has 0 aromatic heterocycles. The van der Waals surface area contributed by atoms with Crippen LogP contribution in [-0.2, 0) is 6.42 Å². The van der Waals surface area contributed by atoms with Gasteiger partial charge < -0.3 is 24.8 Å². The topological polar surface area (TPSA) is 64.1 Å². The number of ether oxygens (including phenoxy) is 3. The van der Waals surface area contributed by atoms with Gasteiger partial charge in [0.2, 0.25) is 0 Å². The van der Waals surface area contributed by atoms with Gasteiger partial charge in [0.1, 0.15) is 17.2 Å². The minimum absolute atomic E-state index is 0. The van der Waals surface area contributed by atoms with Crippen LogP contribution < -0.4 is 24.8 Å². The average molecular weight is 447 g/mol. The third kappa shape index (κ3) is 6.74. The van der Waals surface area contributed by atoms with Gasteiger partial charge in [-0.3, -0.25) is 4.99 Å². The lowest BCUT2D eigenvalue weighted by atomic mass is 10.1. The number of aliphatic imine (C=N–C) groups is 1. The number of methoxy groups -OCH3 is 3. The van der Waals surface area contributed by atoms with E-state index in [1.807, 2.05) is 19.1 Å². The monoisotopic (exact) mass is 447 g/mol. The second-order valence-corrected chi connectivity index (χ2v) is 4.58. The zero-order valence-electron chi connectivity index (χ0n) is 14.6. The second kappa shape index (κ2) is 12.6. The van der Waals surface area contributed by atoms with Gasteiger partial charge in [0.25, 0.3) is 0 Å². The Bertz CT molecular complexity index is 546. The first-order valence-corrected chi connectivity index (χ1v) is 7.44. The van der Waals surface area contributed by atoms with Gasteiger partial charge in [0, 0.05) is 30.8 Å². The minimum Gasteiger partial charge on any atom is -0.496 e. The fourth-order valence-corrected chi connectivity index (χ4v) is 2.08. The number of hydrogen-bond donors (Lipinski definition) is 2. The van der Waals surface area contributed by atoms with E-state index in [1.165, 1.54) is 0 Å². The molecule has 2 N–H and O–H groups in total. The Kier molecular flexibility index (Phi) is 11.6. The van der Waals surface area contributed by atoms with Gasteiger partial charge in [-0.05, 0) is 13.3 Å². The first-order chi connectivity index (χ1) is 11.2. The molecule has 0 spiro atoms. The maximum absolute atomic E-state index is 5.43. The molecule has 1 aromatic rings. The summed E-state index contributed by atoms with van der Waals surface area (Å²) in [4.78, 5) is 4.50. The standard InChI is InChI=1S/C17H25N3O3.HI/c1-6-9-19-17(18-7-2)20-10-8-14-15(22-4)11-13(21-3)12-16(14)23-5;/h1,11-12H,7-10H2,2-5H3,(H2,18,19,20);1H. The summed E-state index contributed by atoms with van der Waals surface area (Å²) < 4.78 is 16.1. The van der Waals surface area contributed by atoms with Crippen LogP contribution in [0.4, 0.5) is 0 Å². The number of hydrogen-bond acceptors (Lipinski definition) is 4. The van der Waals surface area contributed by atoms with Crippen LogP contribution in [0.3, 0.4) is 0 Å². The highest BCUT2D eigenvalue weighted by Crippen LogP contribution is 2.34. The molecule has 0 saturated carbocycles. The highest BCUT2D eigenvalue weighted by Gasteiger charge is 2.12. The molecule has 0 aliphatic heterocycles. The third-order valence-corrected chi connectivity index (χ3v) is 3.15. The first-order valence-electron chi connectivity index (χ1n) is 7.44. The average Bonchev–Trinajstić information content (AvgIpc) is 2.59. The van der Waals surface area contributed by atoms with Crippen molar-refractivity contribution in [2.75, 3.05) is 41.0 Å². The minimum atomic E-state index is 0. The summed E-state index contributed by atoms with van der Waals surface area (Å²) in [6.07, 6.45) is 5.93. The molecule has 0 amide bonds. The van der Waals surface area contributed by atoms with E-state index < -0.39 is 0 Å². The van der Waals surface area contributed by atoms with E-state index in [4.69, 9.17) is 20.6 Å². The van der Waals surface area contributed by atoms with Gasteiger partial charge in [0.05, 0.1) is 27.9 Å². The molecule has 0 heterocycles. The molecule has 24 heavy (non-hydrogen) atoms. The molecule has 0 unspecified atom stereocenters. The molecule has 0 fully saturated rings. The molecule has 1 aromatic carbocycles. The van der Waals surface area contributed by atoms with Gasteiger partial charge in [-0.1, -0.05) is 5.92 Å². The van der Waals surface area contributed by atoms with E-state index in [2.05, 4.69) is 21.5 Å². The number of guanidine groups is 1. The molecule has 0 radical (unpaired) electrons. The van der Waals surface area contributed by atoms with Crippen LogP contribution in [0.25, 0.3) is 0 Å². The Hall–Kier alpha value is -1.82. The molecule has 7 heteroatoms. The molecule has 0 atom stereocenters. The van der Waals surface area contributed by atoms with Crippen LogP contribution in [-0.4, -0.2) is 46.9 Å². The van der Waals surface area contributed by atoms with Crippen molar-refractivity contribution in [3.05, 3.63) is 17.7 Å². The van der Waals surface area contributed by atoms with E-state index in [-0.39, 0.29) is 24.0 Å². The number of benzene rings is 1. The van der Waals surface area contributed by atoms with Crippen LogP contribution in [0.2, 0.25) is 0 Å². The first kappa shape index (κ1) is 22.2. The highest BCUT2D eigenvalue weighted by molar-refractivity contribution is 14.0. The molecule has 0 aliphatic rings. The third-order valence-electron chi connectivity index (χ3n) is 3.15. The van der Waals surface area contributed by atoms with Crippen molar-refractivity contribution in [1.29, 1.82) is 0 Å². The quantitative estimate of drug-likeness (QED) is 0.277. The van der Waals surface area contributed by atoms with Crippen molar-refractivity contribution in [3.8, 4) is 29.6 Å². The van der Waals surface area contributed by atoms with E-state index in [1.54, 1.807) is 21.3 Å². The summed E-state index contributed by atoms with van der Waals surface area (Å²) in [5.41, 5.74) is 0.951. The predicted molar refractivity (Wildman–Crippen MR) is 108 cm³/mol. The summed E-state index contributed by atoms with van der Waals surface area (Å²) in [7, 11) is 4.86. The molecule has 0 bridgehead atoms. The zero-order chi connectivity index (χ0) is 17.1. The molecule has 0 saturated heterocycles. The van der Waals surface area contributed by atoms with E-state index in [0.717, 1.165) is 23.6 Å². The van der Waals surface area contributed by atoms with Crippen molar-refractivity contribution < 1.29 is 14.2 Å². The van der Waals surface area contributed by atoms with Gasteiger partial charge in [-0.2, -0.15) is 0 Å². The van der Waals surface area contributed by atoms with E-state index in [9.17, 15) is 0 Å². The molecule has 6 nitrogen and oxygen atoms in total. The van der Waals surface area contributed by atoms with Crippen LogP contribution in [0, 0.1) is 12.3 Å². The molecule has 0 aliphatic carbocycles. The number of nitrogens with zero attached hydrogens (tertiary/aromatic N) is 1. The summed E-state index contributed by atoms with van der Waals surface area (Å²) in [6, 6.07) is 3.67. The second-order valence-electron chi connectivity index (χ2n) is 4.58. The molecular formula is C17H26IN3O3. The zero-order valence-corrected chi connectivity index (χ0v) is 17.0. The molecular weight excluding hydrogens is 421 g/mol. The maximum Gasteiger partial charge on any atom is 0.192 e. The van der Waals surface area contributed by atoms with Gasteiger partial charge >= 0.3 is 0 Å². The van der Waals surface area contributed by atoms with Crippen molar-refractivity contribution >= 4 is 29.9 Å². The predicted octanol–water partition coefficient (Wildman–Crippen LogP) is 2.06. The lowest BCUT2D eigenvalue weighted by molar-refractivity contribution is 0.369. The van der Waals surface area contributed by atoms with Gasteiger partial charge in [-0.15, -0.1) is 30.4 Å². The molecule has 134 valence electrons. The Labute approximate surface area is 161 Å². The number of nitrogens with one attached hydrogen (secondary N) is 2. The van der Waals surface area contributed by atoms with Crippen LogP contribution in [0.5, 0.6) is 17.2 Å². The Balaban J connectivity index is 0.00000529. The summed E-state index contributed by atoms with van der Waals surface area (Å²) in [5.74, 6) is 5.35. The lowest BCUT2D eigenvalue weighted by Gasteiger charge is -2.15. The Morgan fingerprint density at radius 2 is 1.75 bits per heavy atom. The molecule has 1 rings (SSSR count). The Morgan fingerprint density at radius 3 is 2.21 bits per heavy atom. The fourth-order valence-electron chi connectivity index (χ4n) is 2.08. The van der Waals surface area contributed by atoms with Crippen LogP contribution >= 0.6 is 24.0 Å².